The van der Waals surface area contributed by atoms with Crippen molar-refractivity contribution in [2.24, 2.45) is 0 Å². The molecule has 0 N–H and O–H groups in total. The van der Waals surface area contributed by atoms with Crippen LogP contribution >= 0.6 is 11.8 Å². The van der Waals surface area contributed by atoms with Gasteiger partial charge in [-0.3, -0.25) is 20.2 Å². The first-order chi connectivity index (χ1) is 13.9. The van der Waals surface area contributed by atoms with Crippen LogP contribution in [0.25, 0.3) is 11.4 Å². The number of aromatic nitrogens is 2. The summed E-state index contributed by atoms with van der Waals surface area (Å²) < 4.78 is 10.1. The predicted molar refractivity (Wildman–Crippen MR) is 100 cm³/mol. The van der Waals surface area contributed by atoms with E-state index in [1.165, 1.54) is 54.2 Å². The highest BCUT2D eigenvalue weighted by atomic mass is 32.2. The standard InChI is InChI=1S/C17H12N4O7S/c1-29-12-6-7-14(21(25)26)13(8-12)17(22)27-9-15-18-16(19-28-15)10-2-4-11(5-3-10)20(23)24/h2-8H,9H2,1H3. The molecule has 0 aliphatic rings. The van der Waals surface area contributed by atoms with E-state index in [1.807, 2.05) is 0 Å². The first-order valence-corrected chi connectivity index (χ1v) is 9.18. The Morgan fingerprint density at radius 3 is 2.48 bits per heavy atom. The molecule has 3 rings (SSSR count). The minimum absolute atomic E-state index is 0.0321. The molecule has 1 heterocycles. The largest absolute Gasteiger partial charge is 0.452 e. The summed E-state index contributed by atoms with van der Waals surface area (Å²) in [6, 6.07) is 9.65. The average molecular weight is 416 g/mol. The van der Waals surface area contributed by atoms with E-state index in [-0.39, 0.29) is 35.3 Å². The third kappa shape index (κ3) is 4.55. The molecule has 0 amide bonds. The summed E-state index contributed by atoms with van der Waals surface area (Å²) in [7, 11) is 0. The number of nitrogens with zero attached hydrogens (tertiary/aromatic N) is 4. The summed E-state index contributed by atoms with van der Waals surface area (Å²) in [6.45, 7) is -0.389. The van der Waals surface area contributed by atoms with Crippen LogP contribution in [0.1, 0.15) is 16.2 Å². The Balaban J connectivity index is 1.72. The van der Waals surface area contributed by atoms with Crippen molar-refractivity contribution in [2.45, 2.75) is 11.5 Å². The van der Waals surface area contributed by atoms with Gasteiger partial charge >= 0.3 is 5.97 Å². The molecule has 12 heteroatoms. The topological polar surface area (TPSA) is 152 Å². The quantitative estimate of drug-likeness (QED) is 0.241. The van der Waals surface area contributed by atoms with Gasteiger partial charge in [0, 0.05) is 28.7 Å². The first-order valence-electron chi connectivity index (χ1n) is 7.96. The maximum absolute atomic E-state index is 12.3. The third-order valence-electron chi connectivity index (χ3n) is 3.75. The fourth-order valence-electron chi connectivity index (χ4n) is 2.33. The van der Waals surface area contributed by atoms with Crippen LogP contribution in [0.15, 0.2) is 51.9 Å². The van der Waals surface area contributed by atoms with Crippen LogP contribution in [0.2, 0.25) is 0 Å². The molecule has 0 fully saturated rings. The number of nitro groups is 2. The molecule has 0 atom stereocenters. The van der Waals surface area contributed by atoms with Crippen LogP contribution in [-0.2, 0) is 11.3 Å². The number of benzene rings is 2. The molecule has 148 valence electrons. The number of carbonyl (C=O) groups is 1. The molecule has 0 bridgehead atoms. The van der Waals surface area contributed by atoms with Gasteiger partial charge < -0.3 is 9.26 Å². The lowest BCUT2D eigenvalue weighted by molar-refractivity contribution is -0.385. The molecule has 11 nitrogen and oxygen atoms in total. The summed E-state index contributed by atoms with van der Waals surface area (Å²) >= 11 is 1.33. The molecular formula is C17H12N4O7S. The van der Waals surface area contributed by atoms with Crippen molar-refractivity contribution in [3.63, 3.8) is 0 Å². The fourth-order valence-corrected chi connectivity index (χ4v) is 2.77. The van der Waals surface area contributed by atoms with Crippen LogP contribution in [0.3, 0.4) is 0 Å². The predicted octanol–water partition coefficient (Wildman–Crippen LogP) is 3.63. The number of esters is 1. The van der Waals surface area contributed by atoms with Crippen LogP contribution in [-0.4, -0.2) is 32.2 Å². The van der Waals surface area contributed by atoms with Crippen molar-refractivity contribution in [1.82, 2.24) is 10.1 Å². The van der Waals surface area contributed by atoms with Crippen molar-refractivity contribution in [3.05, 3.63) is 74.1 Å². The van der Waals surface area contributed by atoms with E-state index < -0.39 is 15.8 Å². The van der Waals surface area contributed by atoms with Gasteiger partial charge in [0.05, 0.1) is 9.85 Å². The zero-order chi connectivity index (χ0) is 21.0. The summed E-state index contributed by atoms with van der Waals surface area (Å²) in [6.07, 6.45) is 1.77. The molecule has 0 radical (unpaired) electrons. The second-order valence-corrected chi connectivity index (χ2v) is 6.41. The molecular weight excluding hydrogens is 404 g/mol. The molecule has 0 saturated heterocycles. The van der Waals surface area contributed by atoms with E-state index in [9.17, 15) is 25.0 Å². The van der Waals surface area contributed by atoms with Crippen LogP contribution in [0.4, 0.5) is 11.4 Å². The minimum atomic E-state index is -0.900. The van der Waals surface area contributed by atoms with Gasteiger partial charge in [0.2, 0.25) is 5.82 Å². The van der Waals surface area contributed by atoms with Gasteiger partial charge in [0.1, 0.15) is 5.56 Å². The number of rotatable bonds is 7. The zero-order valence-corrected chi connectivity index (χ0v) is 15.6. The van der Waals surface area contributed by atoms with E-state index in [2.05, 4.69) is 10.1 Å². The van der Waals surface area contributed by atoms with Gasteiger partial charge in [0.15, 0.2) is 6.61 Å². The Labute approximate surface area is 167 Å². The summed E-state index contributed by atoms with van der Waals surface area (Å²) in [5, 5.41) is 25.5. The second-order valence-electron chi connectivity index (χ2n) is 5.53. The van der Waals surface area contributed by atoms with Gasteiger partial charge in [-0.2, -0.15) is 4.98 Å². The van der Waals surface area contributed by atoms with Crippen molar-refractivity contribution in [2.75, 3.05) is 6.26 Å². The molecule has 0 saturated carbocycles. The van der Waals surface area contributed by atoms with Gasteiger partial charge in [-0.05, 0) is 30.5 Å². The number of carbonyl (C=O) groups excluding carboxylic acids is 1. The Kier molecular flexibility index (Phi) is 5.83. The second kappa shape index (κ2) is 8.48. The molecule has 1 aromatic heterocycles. The van der Waals surface area contributed by atoms with Crippen molar-refractivity contribution >= 4 is 29.1 Å². The molecule has 2 aromatic carbocycles. The van der Waals surface area contributed by atoms with Crippen molar-refractivity contribution in [3.8, 4) is 11.4 Å². The Hall–Kier alpha value is -3.80. The molecule has 3 aromatic rings. The van der Waals surface area contributed by atoms with Crippen molar-refractivity contribution in [1.29, 1.82) is 0 Å². The number of nitro benzene ring substituents is 2. The van der Waals surface area contributed by atoms with Crippen LogP contribution < -0.4 is 0 Å². The molecule has 29 heavy (non-hydrogen) atoms. The maximum atomic E-state index is 12.3. The SMILES string of the molecule is CSc1ccc([N+](=O)[O-])c(C(=O)OCc2nc(-c3ccc([N+](=O)[O-])cc3)no2)c1. The van der Waals surface area contributed by atoms with E-state index >= 15 is 0 Å². The molecule has 0 aliphatic heterocycles. The summed E-state index contributed by atoms with van der Waals surface area (Å²) in [5.74, 6) is -0.778. The highest BCUT2D eigenvalue weighted by molar-refractivity contribution is 7.98. The monoisotopic (exact) mass is 416 g/mol. The minimum Gasteiger partial charge on any atom is -0.452 e. The lowest BCUT2D eigenvalue weighted by atomic mass is 10.2. The van der Waals surface area contributed by atoms with Gasteiger partial charge in [-0.25, -0.2) is 4.79 Å². The smallest absolute Gasteiger partial charge is 0.345 e. The lowest BCUT2D eigenvalue weighted by Gasteiger charge is -2.05. The van der Waals surface area contributed by atoms with E-state index in [0.717, 1.165) is 0 Å². The summed E-state index contributed by atoms with van der Waals surface area (Å²) in [5.41, 5.74) is -0.164. The number of hydrogen-bond acceptors (Lipinski definition) is 10. The van der Waals surface area contributed by atoms with Crippen LogP contribution in [0.5, 0.6) is 0 Å². The normalized spacial score (nSPS) is 10.5. The van der Waals surface area contributed by atoms with Gasteiger partial charge in [-0.15, -0.1) is 11.8 Å². The van der Waals surface area contributed by atoms with E-state index in [0.29, 0.717) is 10.5 Å². The fraction of sp³-hybridized carbons (Fsp3) is 0.118. The Bertz CT molecular complexity index is 1080. The van der Waals surface area contributed by atoms with Gasteiger partial charge in [-0.1, -0.05) is 5.16 Å². The number of non-ortho nitro benzene ring substituents is 1. The zero-order valence-electron chi connectivity index (χ0n) is 14.8. The van der Waals surface area contributed by atoms with E-state index in [1.54, 1.807) is 6.26 Å². The lowest BCUT2D eigenvalue weighted by Crippen LogP contribution is -2.08. The highest BCUT2D eigenvalue weighted by Crippen LogP contribution is 2.26. The Morgan fingerprint density at radius 2 is 1.86 bits per heavy atom. The maximum Gasteiger partial charge on any atom is 0.345 e. The number of hydrogen-bond donors (Lipinski definition) is 0. The Morgan fingerprint density at radius 1 is 1.14 bits per heavy atom. The molecule has 0 aliphatic carbocycles. The first kappa shape index (κ1) is 19.9. The number of ether oxygens (including phenoxy) is 1. The van der Waals surface area contributed by atoms with E-state index in [4.69, 9.17) is 9.26 Å². The molecule has 0 spiro atoms. The third-order valence-corrected chi connectivity index (χ3v) is 4.48. The van der Waals surface area contributed by atoms with Crippen LogP contribution in [0, 0.1) is 20.2 Å². The summed E-state index contributed by atoms with van der Waals surface area (Å²) in [4.78, 5) is 37.6. The highest BCUT2D eigenvalue weighted by Gasteiger charge is 2.23. The average Bonchev–Trinajstić information content (AvgIpc) is 3.20. The van der Waals surface area contributed by atoms with Gasteiger partial charge in [0.25, 0.3) is 17.3 Å². The molecule has 0 unspecified atom stereocenters. The number of thioether (sulfide) groups is 1. The van der Waals surface area contributed by atoms with Crippen molar-refractivity contribution < 1.29 is 23.9 Å².